The largest absolute Gasteiger partial charge is 0.376 e. The number of hydrogen-bond acceptors (Lipinski definition) is 3. The van der Waals surface area contributed by atoms with Crippen LogP contribution < -0.4 is 9.80 Å². The van der Waals surface area contributed by atoms with Crippen molar-refractivity contribution in [3.05, 3.63) is 57.8 Å². The zero-order valence-electron chi connectivity index (χ0n) is 14.2. The van der Waals surface area contributed by atoms with Crippen LogP contribution in [0.3, 0.4) is 0 Å². The van der Waals surface area contributed by atoms with Crippen molar-refractivity contribution in [2.45, 2.75) is 6.54 Å². The van der Waals surface area contributed by atoms with Crippen LogP contribution in [-0.2, 0) is 11.3 Å². The first-order chi connectivity index (χ1) is 12.3. The van der Waals surface area contributed by atoms with Crippen molar-refractivity contribution in [1.82, 2.24) is 4.90 Å². The van der Waals surface area contributed by atoms with E-state index in [1.165, 1.54) is 17.0 Å². The zero-order valence-corrected chi connectivity index (χ0v) is 16.5. The lowest BCUT2D eigenvalue weighted by Crippen LogP contribution is -2.32. The van der Waals surface area contributed by atoms with Crippen molar-refractivity contribution in [1.29, 1.82) is 0 Å². The van der Waals surface area contributed by atoms with Crippen LogP contribution in [0.15, 0.2) is 36.4 Å². The van der Waals surface area contributed by atoms with E-state index in [-0.39, 0.29) is 12.5 Å². The van der Waals surface area contributed by atoms with E-state index in [0.29, 0.717) is 33.0 Å². The summed E-state index contributed by atoms with van der Waals surface area (Å²) < 4.78 is 13.2. The summed E-state index contributed by atoms with van der Waals surface area (Å²) >= 11 is 17.9. The fourth-order valence-electron chi connectivity index (χ4n) is 2.78. The summed E-state index contributed by atoms with van der Waals surface area (Å²) in [5.41, 5.74) is 2.16. The van der Waals surface area contributed by atoms with Crippen LogP contribution in [0, 0.1) is 5.82 Å². The van der Waals surface area contributed by atoms with Crippen molar-refractivity contribution < 1.29 is 9.18 Å². The molecule has 0 N–H and O–H groups in total. The average molecular weight is 412 g/mol. The van der Waals surface area contributed by atoms with Gasteiger partial charge in [0.05, 0.1) is 16.4 Å². The number of anilines is 2. The molecular weight excluding hydrogens is 396 g/mol. The molecule has 0 aliphatic carbocycles. The molecule has 2 aromatic rings. The Kier molecular flexibility index (Phi) is 5.37. The molecule has 0 spiro atoms. The van der Waals surface area contributed by atoms with Gasteiger partial charge in [0.15, 0.2) is 5.11 Å². The summed E-state index contributed by atoms with van der Waals surface area (Å²) in [6, 6.07) is 9.54. The highest BCUT2D eigenvalue weighted by atomic mass is 35.5. The molecule has 1 fully saturated rings. The number of benzene rings is 2. The zero-order chi connectivity index (χ0) is 19.0. The predicted octanol–water partition coefficient (Wildman–Crippen LogP) is 4.33. The van der Waals surface area contributed by atoms with Gasteiger partial charge in [-0.25, -0.2) is 4.39 Å². The Hall–Kier alpha value is -1.89. The molecule has 1 amide bonds. The molecule has 0 aromatic heterocycles. The number of halogens is 3. The number of carbonyl (C=O) groups is 1. The van der Waals surface area contributed by atoms with E-state index in [2.05, 4.69) is 0 Å². The molecule has 0 atom stereocenters. The molecule has 1 saturated heterocycles. The third kappa shape index (κ3) is 3.63. The third-order valence-corrected chi connectivity index (χ3v) is 5.18. The van der Waals surface area contributed by atoms with Crippen molar-refractivity contribution in [3.63, 3.8) is 0 Å². The maximum Gasteiger partial charge on any atom is 0.252 e. The first kappa shape index (κ1) is 18.9. The molecule has 0 bridgehead atoms. The maximum atomic E-state index is 13.2. The van der Waals surface area contributed by atoms with E-state index in [9.17, 15) is 9.18 Å². The summed E-state index contributed by atoms with van der Waals surface area (Å²) in [5.74, 6) is -0.557. The second kappa shape index (κ2) is 7.39. The van der Waals surface area contributed by atoms with Gasteiger partial charge in [-0.3, -0.25) is 9.69 Å². The van der Waals surface area contributed by atoms with E-state index in [1.807, 2.05) is 25.1 Å². The Balaban J connectivity index is 1.84. The van der Waals surface area contributed by atoms with Gasteiger partial charge in [0, 0.05) is 25.7 Å². The lowest BCUT2D eigenvalue weighted by atomic mass is 10.2. The topological polar surface area (TPSA) is 26.8 Å². The van der Waals surface area contributed by atoms with Crippen molar-refractivity contribution in [2.24, 2.45) is 0 Å². The standard InChI is InChI=1S/C18H16Cl2FN3OS/c1-22(2)16-6-5-13(8-15(16)20)24-17(25)10-23(18(24)26)9-11-3-4-12(21)7-14(11)19/h3-8H,9-10H2,1-2H3. The molecule has 136 valence electrons. The Morgan fingerprint density at radius 2 is 1.88 bits per heavy atom. The van der Waals surface area contributed by atoms with Crippen LogP contribution in [0.4, 0.5) is 15.8 Å². The second-order valence-corrected chi connectivity index (χ2v) is 7.31. The van der Waals surface area contributed by atoms with E-state index in [1.54, 1.807) is 23.1 Å². The van der Waals surface area contributed by atoms with E-state index < -0.39 is 5.82 Å². The summed E-state index contributed by atoms with van der Waals surface area (Å²) in [5, 5.41) is 1.20. The first-order valence-corrected chi connectivity index (χ1v) is 8.97. The Bertz CT molecular complexity index is 891. The van der Waals surface area contributed by atoms with Crippen LogP contribution in [0.2, 0.25) is 10.0 Å². The number of rotatable bonds is 4. The fourth-order valence-corrected chi connectivity index (χ4v) is 3.69. The number of hydrogen-bond donors (Lipinski definition) is 0. The van der Waals surface area contributed by atoms with Crippen LogP contribution in [0.1, 0.15) is 5.56 Å². The summed E-state index contributed by atoms with van der Waals surface area (Å²) in [6.07, 6.45) is 0. The van der Waals surface area contributed by atoms with Gasteiger partial charge >= 0.3 is 0 Å². The van der Waals surface area contributed by atoms with Crippen LogP contribution in [0.5, 0.6) is 0 Å². The minimum absolute atomic E-state index is 0.125. The lowest BCUT2D eigenvalue weighted by molar-refractivity contribution is -0.116. The highest BCUT2D eigenvalue weighted by molar-refractivity contribution is 7.80. The maximum absolute atomic E-state index is 13.2. The lowest BCUT2D eigenvalue weighted by Gasteiger charge is -2.22. The molecule has 0 saturated carbocycles. The number of carbonyl (C=O) groups excluding carboxylic acids is 1. The molecule has 8 heteroatoms. The highest BCUT2D eigenvalue weighted by Crippen LogP contribution is 2.32. The average Bonchev–Trinajstić information content (AvgIpc) is 2.83. The summed E-state index contributed by atoms with van der Waals surface area (Å²) in [6.45, 7) is 0.448. The molecule has 2 aromatic carbocycles. The molecular formula is C18H16Cl2FN3OS. The quantitative estimate of drug-likeness (QED) is 0.699. The third-order valence-electron chi connectivity index (χ3n) is 4.08. The van der Waals surface area contributed by atoms with Crippen LogP contribution in [0.25, 0.3) is 0 Å². The van der Waals surface area contributed by atoms with Crippen LogP contribution >= 0.6 is 35.4 Å². The van der Waals surface area contributed by atoms with Crippen LogP contribution in [-0.4, -0.2) is 36.6 Å². The number of amides is 1. The molecule has 26 heavy (non-hydrogen) atoms. The number of nitrogens with zero attached hydrogens (tertiary/aromatic N) is 3. The van der Waals surface area contributed by atoms with Crippen molar-refractivity contribution in [2.75, 3.05) is 30.4 Å². The summed E-state index contributed by atoms with van der Waals surface area (Å²) in [7, 11) is 3.78. The van der Waals surface area contributed by atoms with Crippen molar-refractivity contribution >= 4 is 57.8 Å². The molecule has 1 aliphatic heterocycles. The Morgan fingerprint density at radius 1 is 1.15 bits per heavy atom. The Labute approximate surface area is 166 Å². The van der Waals surface area contributed by atoms with Gasteiger partial charge in [-0.1, -0.05) is 29.3 Å². The normalized spacial score (nSPS) is 14.3. The smallest absolute Gasteiger partial charge is 0.252 e. The SMILES string of the molecule is CN(C)c1ccc(N2C(=O)CN(Cc3ccc(F)cc3Cl)C2=S)cc1Cl. The highest BCUT2D eigenvalue weighted by Gasteiger charge is 2.34. The van der Waals surface area contributed by atoms with Crippen molar-refractivity contribution in [3.8, 4) is 0 Å². The van der Waals surface area contributed by atoms with Gasteiger partial charge in [-0.05, 0) is 48.1 Å². The second-order valence-electron chi connectivity index (χ2n) is 6.13. The molecule has 1 aliphatic rings. The molecule has 4 nitrogen and oxygen atoms in total. The predicted molar refractivity (Wildman–Crippen MR) is 108 cm³/mol. The fraction of sp³-hybridized carbons (Fsp3) is 0.222. The van der Waals surface area contributed by atoms with E-state index >= 15 is 0 Å². The van der Waals surface area contributed by atoms with Gasteiger partial charge in [-0.2, -0.15) is 0 Å². The minimum Gasteiger partial charge on any atom is -0.376 e. The van der Waals surface area contributed by atoms with Gasteiger partial charge in [0.2, 0.25) is 0 Å². The van der Waals surface area contributed by atoms with Gasteiger partial charge in [-0.15, -0.1) is 0 Å². The van der Waals surface area contributed by atoms with Gasteiger partial charge in [0.1, 0.15) is 12.4 Å². The van der Waals surface area contributed by atoms with Gasteiger partial charge in [0.25, 0.3) is 5.91 Å². The monoisotopic (exact) mass is 411 g/mol. The van der Waals surface area contributed by atoms with E-state index in [0.717, 1.165) is 5.69 Å². The van der Waals surface area contributed by atoms with Gasteiger partial charge < -0.3 is 9.80 Å². The minimum atomic E-state index is -0.406. The Morgan fingerprint density at radius 3 is 2.50 bits per heavy atom. The number of thiocarbonyl (C=S) groups is 1. The molecule has 1 heterocycles. The summed E-state index contributed by atoms with van der Waals surface area (Å²) in [4.78, 5) is 17.6. The molecule has 3 rings (SSSR count). The molecule has 0 radical (unpaired) electrons. The molecule has 0 unspecified atom stereocenters. The first-order valence-electron chi connectivity index (χ1n) is 7.80. The van der Waals surface area contributed by atoms with E-state index in [4.69, 9.17) is 35.4 Å².